The average Bonchev–Trinajstić information content (AvgIpc) is 2.60. The van der Waals surface area contributed by atoms with E-state index in [1.807, 2.05) is 6.07 Å². The van der Waals surface area contributed by atoms with Gasteiger partial charge in [-0.05, 0) is 48.5 Å². The molecular weight excluding hydrogens is 344 g/mol. The van der Waals surface area contributed by atoms with Crippen molar-refractivity contribution in [2.75, 3.05) is 12.4 Å². The molecule has 2 aromatic carbocycles. The van der Waals surface area contributed by atoms with Crippen molar-refractivity contribution in [3.05, 3.63) is 64.2 Å². The lowest BCUT2D eigenvalue weighted by Crippen LogP contribution is -2.13. The molecule has 0 heterocycles. The number of benzene rings is 2. The molecule has 0 saturated heterocycles. The summed E-state index contributed by atoms with van der Waals surface area (Å²) in [5.74, 6) is -1.23. The highest BCUT2D eigenvalue weighted by Gasteiger charge is 2.12. The van der Waals surface area contributed by atoms with Gasteiger partial charge in [0.1, 0.15) is 17.4 Å². The van der Waals surface area contributed by atoms with E-state index in [1.54, 1.807) is 18.2 Å². The third kappa shape index (κ3) is 4.59. The van der Waals surface area contributed by atoms with Crippen molar-refractivity contribution in [2.24, 2.45) is 0 Å². The summed E-state index contributed by atoms with van der Waals surface area (Å²) >= 11 is 5.93. The molecule has 126 valence electrons. The quantitative estimate of drug-likeness (QED) is 0.630. The first-order chi connectivity index (χ1) is 11.9. The van der Waals surface area contributed by atoms with Crippen molar-refractivity contribution in [2.45, 2.75) is 0 Å². The van der Waals surface area contributed by atoms with E-state index in [0.29, 0.717) is 22.0 Å². The minimum absolute atomic E-state index is 0.0951. The third-order valence-corrected chi connectivity index (χ3v) is 3.48. The Balaban J connectivity index is 2.25. The molecule has 0 aliphatic carbocycles. The first-order valence-corrected chi connectivity index (χ1v) is 7.42. The van der Waals surface area contributed by atoms with Gasteiger partial charge in [-0.2, -0.15) is 5.26 Å². The molecule has 0 unspecified atom stereocenters. The molecule has 6 nitrogen and oxygen atoms in total. The van der Waals surface area contributed by atoms with Gasteiger partial charge in [-0.1, -0.05) is 11.6 Å². The summed E-state index contributed by atoms with van der Waals surface area (Å²) in [5, 5.41) is 21.1. The third-order valence-electron chi connectivity index (χ3n) is 3.25. The molecule has 7 heteroatoms. The number of halogens is 1. The summed E-state index contributed by atoms with van der Waals surface area (Å²) in [6.07, 6.45) is 1.37. The number of carboxylic acids is 1. The van der Waals surface area contributed by atoms with Crippen molar-refractivity contribution >= 4 is 35.2 Å². The van der Waals surface area contributed by atoms with Crippen molar-refractivity contribution in [3.63, 3.8) is 0 Å². The highest BCUT2D eigenvalue weighted by atomic mass is 35.5. The number of nitriles is 1. The number of aromatic carboxylic acids is 1. The zero-order valence-corrected chi connectivity index (χ0v) is 13.9. The van der Waals surface area contributed by atoms with Crippen LogP contribution in [0.2, 0.25) is 5.02 Å². The van der Waals surface area contributed by atoms with Gasteiger partial charge in [-0.15, -0.1) is 0 Å². The van der Waals surface area contributed by atoms with Gasteiger partial charge in [-0.25, -0.2) is 4.79 Å². The Bertz CT molecular complexity index is 883. The summed E-state index contributed by atoms with van der Waals surface area (Å²) < 4.78 is 5.18. The molecule has 0 aliphatic heterocycles. The molecule has 0 spiro atoms. The van der Waals surface area contributed by atoms with Gasteiger partial charge in [0.15, 0.2) is 0 Å². The van der Waals surface area contributed by atoms with E-state index < -0.39 is 11.9 Å². The number of carboxylic acid groups (broad SMARTS) is 1. The summed E-state index contributed by atoms with van der Waals surface area (Å²) in [6, 6.07) is 12.3. The molecule has 2 N–H and O–H groups in total. The number of methoxy groups -OCH3 is 1. The molecule has 0 bridgehead atoms. The summed E-state index contributed by atoms with van der Waals surface area (Å²) in [5.41, 5.74) is 0.803. The monoisotopic (exact) mass is 356 g/mol. The maximum absolute atomic E-state index is 12.3. The van der Waals surface area contributed by atoms with Gasteiger partial charge in [0.2, 0.25) is 0 Å². The Morgan fingerprint density at radius 2 is 1.92 bits per heavy atom. The molecule has 1 amide bonds. The number of amides is 1. The zero-order valence-electron chi connectivity index (χ0n) is 13.1. The smallest absolute Gasteiger partial charge is 0.335 e. The number of hydrogen-bond acceptors (Lipinski definition) is 4. The van der Waals surface area contributed by atoms with Gasteiger partial charge in [0, 0.05) is 16.3 Å². The maximum Gasteiger partial charge on any atom is 0.335 e. The number of nitrogens with one attached hydrogen (secondary N) is 1. The van der Waals surface area contributed by atoms with E-state index in [1.165, 1.54) is 37.5 Å². The molecule has 0 saturated carbocycles. The number of rotatable bonds is 5. The molecular formula is C18H13ClN2O4. The van der Waals surface area contributed by atoms with Crippen molar-refractivity contribution in [1.82, 2.24) is 0 Å². The second-order valence-electron chi connectivity index (χ2n) is 4.89. The Morgan fingerprint density at radius 1 is 1.24 bits per heavy atom. The van der Waals surface area contributed by atoms with Crippen LogP contribution in [0.15, 0.2) is 48.0 Å². The normalized spacial score (nSPS) is 10.7. The Hall–Kier alpha value is -3.30. The van der Waals surface area contributed by atoms with Crippen LogP contribution in [0, 0.1) is 11.3 Å². The highest BCUT2D eigenvalue weighted by molar-refractivity contribution is 6.30. The predicted octanol–water partition coefficient (Wildman–Crippen LogP) is 3.59. The minimum atomic E-state index is -1.07. The lowest BCUT2D eigenvalue weighted by molar-refractivity contribution is -0.112. The van der Waals surface area contributed by atoms with Crippen LogP contribution in [0.25, 0.3) is 6.08 Å². The van der Waals surface area contributed by atoms with Gasteiger partial charge in [0.05, 0.1) is 12.7 Å². The largest absolute Gasteiger partial charge is 0.496 e. The molecule has 0 radical (unpaired) electrons. The Kier molecular flexibility index (Phi) is 5.77. The molecule has 0 fully saturated rings. The van der Waals surface area contributed by atoms with E-state index in [9.17, 15) is 14.9 Å². The molecule has 0 atom stereocenters. The number of carbonyl (C=O) groups excluding carboxylic acids is 1. The van der Waals surface area contributed by atoms with Gasteiger partial charge in [0.25, 0.3) is 5.91 Å². The van der Waals surface area contributed by atoms with Crippen LogP contribution < -0.4 is 10.1 Å². The number of nitrogens with zero attached hydrogens (tertiary/aromatic N) is 1. The molecule has 2 aromatic rings. The standard InChI is InChI=1S/C18H13ClN2O4/c1-25-16-7-4-14(19)9-12(16)8-13(10-20)17(22)21-15-5-2-11(3-6-15)18(23)24/h2-9H,1H3,(H,21,22)(H,23,24). The van der Waals surface area contributed by atoms with E-state index in [-0.39, 0.29) is 11.1 Å². The van der Waals surface area contributed by atoms with Crippen LogP contribution >= 0.6 is 11.6 Å². The summed E-state index contributed by atoms with van der Waals surface area (Å²) in [7, 11) is 1.47. The van der Waals surface area contributed by atoms with Crippen LogP contribution in [0.4, 0.5) is 5.69 Å². The Morgan fingerprint density at radius 3 is 2.48 bits per heavy atom. The summed E-state index contributed by atoms with van der Waals surface area (Å²) in [4.78, 5) is 23.1. The molecule has 25 heavy (non-hydrogen) atoms. The van der Waals surface area contributed by atoms with E-state index in [4.69, 9.17) is 21.4 Å². The van der Waals surface area contributed by atoms with Crippen LogP contribution in [-0.2, 0) is 4.79 Å². The topological polar surface area (TPSA) is 99.4 Å². The second-order valence-corrected chi connectivity index (χ2v) is 5.33. The van der Waals surface area contributed by atoms with Crippen LogP contribution in [0.1, 0.15) is 15.9 Å². The molecule has 2 rings (SSSR count). The fourth-order valence-electron chi connectivity index (χ4n) is 2.02. The van der Waals surface area contributed by atoms with Crippen molar-refractivity contribution < 1.29 is 19.4 Å². The second kappa shape index (κ2) is 7.99. The maximum atomic E-state index is 12.3. The lowest BCUT2D eigenvalue weighted by Gasteiger charge is -2.07. The molecule has 0 aliphatic rings. The Labute approximate surface area is 148 Å². The van der Waals surface area contributed by atoms with Crippen LogP contribution in [0.5, 0.6) is 5.75 Å². The SMILES string of the molecule is COc1ccc(Cl)cc1C=C(C#N)C(=O)Nc1ccc(C(=O)O)cc1. The van der Waals surface area contributed by atoms with E-state index >= 15 is 0 Å². The number of hydrogen-bond donors (Lipinski definition) is 2. The lowest BCUT2D eigenvalue weighted by atomic mass is 10.1. The average molecular weight is 357 g/mol. The van der Waals surface area contributed by atoms with Crippen LogP contribution in [-0.4, -0.2) is 24.1 Å². The zero-order chi connectivity index (χ0) is 18.4. The first kappa shape index (κ1) is 18.0. The number of carbonyl (C=O) groups is 2. The van der Waals surface area contributed by atoms with Gasteiger partial charge < -0.3 is 15.2 Å². The van der Waals surface area contributed by atoms with E-state index in [0.717, 1.165) is 0 Å². The summed E-state index contributed by atoms with van der Waals surface area (Å²) in [6.45, 7) is 0. The first-order valence-electron chi connectivity index (χ1n) is 7.04. The highest BCUT2D eigenvalue weighted by Crippen LogP contribution is 2.25. The van der Waals surface area contributed by atoms with Crippen molar-refractivity contribution in [1.29, 1.82) is 5.26 Å². The minimum Gasteiger partial charge on any atom is -0.496 e. The molecule has 0 aromatic heterocycles. The number of anilines is 1. The predicted molar refractivity (Wildman–Crippen MR) is 93.6 cm³/mol. The van der Waals surface area contributed by atoms with Gasteiger partial charge >= 0.3 is 5.97 Å². The fourth-order valence-corrected chi connectivity index (χ4v) is 2.20. The van der Waals surface area contributed by atoms with Crippen molar-refractivity contribution in [3.8, 4) is 11.8 Å². The van der Waals surface area contributed by atoms with Gasteiger partial charge in [-0.3, -0.25) is 4.79 Å². The number of ether oxygens (including phenoxy) is 1. The van der Waals surface area contributed by atoms with E-state index in [2.05, 4.69) is 5.32 Å². The van der Waals surface area contributed by atoms with Crippen LogP contribution in [0.3, 0.4) is 0 Å². The fraction of sp³-hybridized carbons (Fsp3) is 0.0556.